The Morgan fingerprint density at radius 2 is 1.93 bits per heavy atom. The molecule has 1 amide bonds. The summed E-state index contributed by atoms with van der Waals surface area (Å²) in [6, 6.07) is 0. The van der Waals surface area contributed by atoms with Crippen molar-refractivity contribution in [1.82, 2.24) is 29.7 Å². The van der Waals surface area contributed by atoms with Crippen molar-refractivity contribution in [3.8, 4) is 0 Å². The van der Waals surface area contributed by atoms with Crippen LogP contribution in [0.25, 0.3) is 0 Å². The maximum Gasteiger partial charge on any atom is 0.276 e. The molecule has 0 atom stereocenters. The third-order valence-electron chi connectivity index (χ3n) is 5.76. The van der Waals surface area contributed by atoms with E-state index in [9.17, 15) is 4.79 Å². The molecule has 0 radical (unpaired) electrons. The summed E-state index contributed by atoms with van der Waals surface area (Å²) >= 11 is 0. The van der Waals surface area contributed by atoms with Crippen LogP contribution >= 0.6 is 0 Å². The van der Waals surface area contributed by atoms with E-state index in [0.717, 1.165) is 81.1 Å². The van der Waals surface area contributed by atoms with E-state index >= 15 is 0 Å². The van der Waals surface area contributed by atoms with Crippen LogP contribution in [0.3, 0.4) is 0 Å². The van der Waals surface area contributed by atoms with Crippen molar-refractivity contribution in [2.75, 3.05) is 27.2 Å². The fourth-order valence-corrected chi connectivity index (χ4v) is 4.19. The van der Waals surface area contributed by atoms with E-state index in [1.165, 1.54) is 0 Å². The molecule has 146 valence electrons. The lowest BCUT2D eigenvalue weighted by Crippen LogP contribution is -2.39. The highest BCUT2D eigenvalue weighted by Gasteiger charge is 2.31. The average molecular weight is 372 g/mol. The lowest BCUT2D eigenvalue weighted by atomic mass is 9.94. The van der Waals surface area contributed by atoms with E-state index < -0.39 is 0 Å². The fraction of sp³-hybridized carbons (Fsp3) is 0.684. The van der Waals surface area contributed by atoms with Gasteiger partial charge in [0.15, 0.2) is 5.69 Å². The number of rotatable bonds is 4. The van der Waals surface area contributed by atoms with E-state index in [0.29, 0.717) is 11.6 Å². The molecule has 0 unspecified atom stereocenters. The number of likely N-dealkylation sites (tertiary alicyclic amines) is 1. The van der Waals surface area contributed by atoms with Crippen molar-refractivity contribution in [3.05, 3.63) is 28.7 Å². The van der Waals surface area contributed by atoms with E-state index in [1.807, 2.05) is 26.0 Å². The molecule has 1 aliphatic heterocycles. The normalized spacial score (nSPS) is 18.1. The molecule has 2 aromatic rings. The van der Waals surface area contributed by atoms with Gasteiger partial charge in [-0.25, -0.2) is 0 Å². The molecule has 2 aromatic heterocycles. The maximum atomic E-state index is 12.9. The van der Waals surface area contributed by atoms with Gasteiger partial charge in [0.05, 0.1) is 6.54 Å². The monoisotopic (exact) mass is 372 g/mol. The molecule has 8 nitrogen and oxygen atoms in total. The van der Waals surface area contributed by atoms with E-state index in [1.54, 1.807) is 0 Å². The second-order valence-electron chi connectivity index (χ2n) is 7.98. The molecule has 2 aliphatic rings. The van der Waals surface area contributed by atoms with Gasteiger partial charge in [-0.05, 0) is 46.2 Å². The van der Waals surface area contributed by atoms with Gasteiger partial charge in [0.2, 0.25) is 0 Å². The molecule has 0 spiro atoms. The summed E-state index contributed by atoms with van der Waals surface area (Å²) in [6.45, 7) is 2.22. The number of piperidine rings is 1. The summed E-state index contributed by atoms with van der Waals surface area (Å²) in [5, 5.41) is 12.9. The first-order chi connectivity index (χ1) is 13.0. The van der Waals surface area contributed by atoms with Gasteiger partial charge in [-0.1, -0.05) is 5.16 Å². The first-order valence-electron chi connectivity index (χ1n) is 9.84. The summed E-state index contributed by atoms with van der Waals surface area (Å²) in [4.78, 5) is 16.9. The minimum atomic E-state index is 0.0200. The Hall–Kier alpha value is -2.22. The Bertz CT molecular complexity index is 816. The predicted octanol–water partition coefficient (Wildman–Crippen LogP) is 1.76. The highest BCUT2D eigenvalue weighted by Crippen LogP contribution is 2.29. The molecular formula is C19H28N6O2. The van der Waals surface area contributed by atoms with Crippen LogP contribution in [0.15, 0.2) is 4.52 Å². The van der Waals surface area contributed by atoms with Gasteiger partial charge in [0.1, 0.15) is 17.4 Å². The summed E-state index contributed by atoms with van der Waals surface area (Å²) in [5.41, 5.74) is 1.57. The number of carbonyl (C=O) groups excluding carboxylic acids is 1. The molecule has 8 heteroatoms. The number of carbonyl (C=O) groups is 1. The molecule has 3 heterocycles. The second kappa shape index (κ2) is 7.42. The Labute approximate surface area is 159 Å². The lowest BCUT2D eigenvalue weighted by molar-refractivity contribution is 0.0699. The van der Waals surface area contributed by atoms with Crippen molar-refractivity contribution in [3.63, 3.8) is 0 Å². The largest absolute Gasteiger partial charge is 0.360 e. The van der Waals surface area contributed by atoms with E-state index in [2.05, 4.69) is 24.8 Å². The minimum absolute atomic E-state index is 0.0200. The van der Waals surface area contributed by atoms with Gasteiger partial charge in [-0.2, -0.15) is 0 Å². The standard InChI is InChI=1S/C19H28N6O2/c1-23(2)12-16-20-21-18(24(16)3)13-8-10-25(11-9-13)19(26)17-14-6-4-5-7-15(14)27-22-17/h13H,4-12H2,1-3H3. The number of aromatic nitrogens is 4. The van der Waals surface area contributed by atoms with Crippen LogP contribution in [0.5, 0.6) is 0 Å². The third kappa shape index (κ3) is 3.50. The summed E-state index contributed by atoms with van der Waals surface area (Å²) in [7, 11) is 6.09. The molecule has 27 heavy (non-hydrogen) atoms. The van der Waals surface area contributed by atoms with E-state index in [4.69, 9.17) is 4.52 Å². The van der Waals surface area contributed by atoms with Gasteiger partial charge < -0.3 is 18.9 Å². The van der Waals surface area contributed by atoms with Crippen LogP contribution in [-0.2, 0) is 26.4 Å². The molecule has 0 bridgehead atoms. The summed E-state index contributed by atoms with van der Waals surface area (Å²) in [6.07, 6.45) is 5.84. The van der Waals surface area contributed by atoms with Crippen molar-refractivity contribution in [1.29, 1.82) is 0 Å². The molecule has 1 aliphatic carbocycles. The second-order valence-corrected chi connectivity index (χ2v) is 7.98. The smallest absolute Gasteiger partial charge is 0.276 e. The zero-order chi connectivity index (χ0) is 19.0. The van der Waals surface area contributed by atoms with Gasteiger partial charge >= 0.3 is 0 Å². The van der Waals surface area contributed by atoms with Gasteiger partial charge in [-0.3, -0.25) is 4.79 Å². The summed E-state index contributed by atoms with van der Waals surface area (Å²) in [5.74, 6) is 3.27. The van der Waals surface area contributed by atoms with E-state index in [-0.39, 0.29) is 5.91 Å². The Kier molecular flexibility index (Phi) is 4.99. The highest BCUT2D eigenvalue weighted by atomic mass is 16.5. The molecule has 0 saturated carbocycles. The highest BCUT2D eigenvalue weighted by molar-refractivity contribution is 5.94. The Morgan fingerprint density at radius 3 is 2.67 bits per heavy atom. The van der Waals surface area contributed by atoms with Gasteiger partial charge in [0, 0.05) is 38.0 Å². The zero-order valence-corrected chi connectivity index (χ0v) is 16.4. The van der Waals surface area contributed by atoms with Crippen molar-refractivity contribution >= 4 is 5.91 Å². The summed E-state index contributed by atoms with van der Waals surface area (Å²) < 4.78 is 7.52. The maximum absolute atomic E-state index is 12.9. The van der Waals surface area contributed by atoms with Crippen molar-refractivity contribution in [2.24, 2.45) is 7.05 Å². The number of hydrogen-bond donors (Lipinski definition) is 0. The average Bonchev–Trinajstić information content (AvgIpc) is 3.25. The van der Waals surface area contributed by atoms with Crippen LogP contribution in [0, 0.1) is 0 Å². The van der Waals surface area contributed by atoms with Crippen LogP contribution < -0.4 is 0 Å². The first kappa shape index (κ1) is 18.2. The Balaban J connectivity index is 1.41. The molecule has 4 rings (SSSR count). The molecular weight excluding hydrogens is 344 g/mol. The van der Waals surface area contributed by atoms with Crippen LogP contribution in [0.1, 0.15) is 65.1 Å². The van der Waals surface area contributed by atoms with Gasteiger partial charge in [0.25, 0.3) is 5.91 Å². The van der Waals surface area contributed by atoms with Crippen LogP contribution in [-0.4, -0.2) is 62.8 Å². The Morgan fingerprint density at radius 1 is 1.19 bits per heavy atom. The molecule has 0 aromatic carbocycles. The predicted molar refractivity (Wildman–Crippen MR) is 99.4 cm³/mol. The molecule has 0 N–H and O–H groups in total. The zero-order valence-electron chi connectivity index (χ0n) is 16.4. The quantitative estimate of drug-likeness (QED) is 0.814. The van der Waals surface area contributed by atoms with Crippen LogP contribution in [0.4, 0.5) is 0 Å². The number of aryl methyl sites for hydroxylation is 1. The minimum Gasteiger partial charge on any atom is -0.360 e. The number of nitrogens with zero attached hydrogens (tertiary/aromatic N) is 6. The molecule has 1 saturated heterocycles. The first-order valence-corrected chi connectivity index (χ1v) is 9.84. The number of fused-ring (bicyclic) bond motifs is 1. The lowest BCUT2D eigenvalue weighted by Gasteiger charge is -2.31. The topological polar surface area (TPSA) is 80.3 Å². The van der Waals surface area contributed by atoms with Gasteiger partial charge in [-0.15, -0.1) is 10.2 Å². The third-order valence-corrected chi connectivity index (χ3v) is 5.76. The fourth-order valence-electron chi connectivity index (χ4n) is 4.19. The van der Waals surface area contributed by atoms with Crippen molar-refractivity contribution in [2.45, 2.75) is 51.0 Å². The SMILES string of the molecule is CN(C)Cc1nnc(C2CCN(C(=O)c3noc4c3CCCC4)CC2)n1C. The van der Waals surface area contributed by atoms with Crippen LogP contribution in [0.2, 0.25) is 0 Å². The number of hydrogen-bond acceptors (Lipinski definition) is 6. The number of amides is 1. The van der Waals surface area contributed by atoms with Crippen molar-refractivity contribution < 1.29 is 9.32 Å². The molecule has 1 fully saturated rings.